The zero-order valence-corrected chi connectivity index (χ0v) is 18.6. The predicted octanol–water partition coefficient (Wildman–Crippen LogP) is 5.28. The third-order valence-corrected chi connectivity index (χ3v) is 6.38. The van der Waals surface area contributed by atoms with Crippen molar-refractivity contribution in [3.8, 4) is 0 Å². The van der Waals surface area contributed by atoms with Gasteiger partial charge in [-0.3, -0.25) is 9.52 Å². The van der Waals surface area contributed by atoms with Crippen molar-refractivity contribution in [1.82, 2.24) is 0 Å². The van der Waals surface area contributed by atoms with Crippen molar-refractivity contribution < 1.29 is 13.2 Å². The maximum Gasteiger partial charge on any atom is 0.262 e. The Kier molecular flexibility index (Phi) is 5.99. The minimum Gasteiger partial charge on any atom is -0.322 e. The van der Waals surface area contributed by atoms with Gasteiger partial charge in [0.15, 0.2) is 0 Å². The fraction of sp³-hybridized carbons (Fsp3) is 0.208. The predicted molar refractivity (Wildman–Crippen MR) is 122 cm³/mol. The molecule has 0 atom stereocenters. The molecule has 30 heavy (non-hydrogen) atoms. The third-order valence-electron chi connectivity index (χ3n) is 4.86. The molecule has 0 unspecified atom stereocenters. The quantitative estimate of drug-likeness (QED) is 0.587. The molecule has 0 aliphatic rings. The molecule has 0 saturated carbocycles. The van der Waals surface area contributed by atoms with Crippen LogP contribution in [0.25, 0.3) is 0 Å². The average Bonchev–Trinajstić information content (AvgIpc) is 2.63. The SMILES string of the molecule is Cc1cc(C)cc(NS(=O)(=O)c2cc(C(=O)Nc3cc(C)ccc3C)ccc2C)c1. The topological polar surface area (TPSA) is 75.3 Å². The molecule has 156 valence electrons. The molecule has 3 aromatic rings. The smallest absolute Gasteiger partial charge is 0.262 e. The van der Waals surface area contributed by atoms with E-state index < -0.39 is 10.0 Å². The summed E-state index contributed by atoms with van der Waals surface area (Å²) < 4.78 is 28.7. The standard InChI is InChI=1S/C24H26N2O3S/c1-15-6-7-18(4)22(13-15)25-24(27)20-9-8-19(5)23(14-20)30(28,29)26-21-11-16(2)10-17(3)12-21/h6-14,26H,1-5H3,(H,25,27). The largest absolute Gasteiger partial charge is 0.322 e. The molecule has 0 saturated heterocycles. The number of anilines is 2. The van der Waals surface area contributed by atoms with Gasteiger partial charge in [0.25, 0.3) is 15.9 Å². The van der Waals surface area contributed by atoms with Gasteiger partial charge in [0.2, 0.25) is 0 Å². The summed E-state index contributed by atoms with van der Waals surface area (Å²) in [6.07, 6.45) is 0. The molecule has 0 radical (unpaired) electrons. The van der Waals surface area contributed by atoms with E-state index in [4.69, 9.17) is 0 Å². The van der Waals surface area contributed by atoms with E-state index in [1.165, 1.54) is 6.07 Å². The van der Waals surface area contributed by atoms with E-state index in [-0.39, 0.29) is 16.4 Å². The number of amides is 1. The lowest BCUT2D eigenvalue weighted by molar-refractivity contribution is 0.102. The van der Waals surface area contributed by atoms with Crippen LogP contribution in [0.1, 0.15) is 38.2 Å². The molecule has 0 aliphatic heterocycles. The Morgan fingerprint density at radius 3 is 2.03 bits per heavy atom. The van der Waals surface area contributed by atoms with Crippen LogP contribution in [0.3, 0.4) is 0 Å². The summed E-state index contributed by atoms with van der Waals surface area (Å²) >= 11 is 0. The van der Waals surface area contributed by atoms with E-state index in [0.29, 0.717) is 16.9 Å². The van der Waals surface area contributed by atoms with Crippen LogP contribution in [0.2, 0.25) is 0 Å². The molecule has 0 heterocycles. The third kappa shape index (κ3) is 4.89. The Morgan fingerprint density at radius 1 is 0.733 bits per heavy atom. The second-order valence-corrected chi connectivity index (χ2v) is 9.39. The van der Waals surface area contributed by atoms with E-state index in [9.17, 15) is 13.2 Å². The minimum absolute atomic E-state index is 0.0790. The Labute approximate surface area is 178 Å². The Bertz CT molecular complexity index is 1210. The first-order valence-electron chi connectivity index (χ1n) is 9.65. The maximum absolute atomic E-state index is 13.0. The van der Waals surface area contributed by atoms with Gasteiger partial charge in [-0.15, -0.1) is 0 Å². The van der Waals surface area contributed by atoms with Gasteiger partial charge in [-0.25, -0.2) is 8.42 Å². The number of carbonyl (C=O) groups excluding carboxylic acids is 1. The van der Waals surface area contributed by atoms with E-state index in [2.05, 4.69) is 10.0 Å². The second-order valence-electron chi connectivity index (χ2n) is 7.73. The summed E-state index contributed by atoms with van der Waals surface area (Å²) in [4.78, 5) is 12.9. The highest BCUT2D eigenvalue weighted by molar-refractivity contribution is 7.92. The number of hydrogen-bond acceptors (Lipinski definition) is 3. The van der Waals surface area contributed by atoms with Crippen LogP contribution in [0.5, 0.6) is 0 Å². The number of nitrogens with one attached hydrogen (secondary N) is 2. The van der Waals surface area contributed by atoms with E-state index in [0.717, 1.165) is 22.3 Å². The highest BCUT2D eigenvalue weighted by Gasteiger charge is 2.20. The molecule has 0 fully saturated rings. The first-order chi connectivity index (χ1) is 14.0. The van der Waals surface area contributed by atoms with Crippen molar-refractivity contribution >= 4 is 27.3 Å². The highest BCUT2D eigenvalue weighted by Crippen LogP contribution is 2.24. The van der Waals surface area contributed by atoms with Crippen molar-refractivity contribution in [3.05, 3.63) is 88.0 Å². The zero-order chi connectivity index (χ0) is 22.1. The zero-order valence-electron chi connectivity index (χ0n) is 17.8. The van der Waals surface area contributed by atoms with E-state index >= 15 is 0 Å². The fourth-order valence-electron chi connectivity index (χ4n) is 3.34. The van der Waals surface area contributed by atoms with Crippen LogP contribution in [0, 0.1) is 34.6 Å². The molecule has 2 N–H and O–H groups in total. The van der Waals surface area contributed by atoms with Crippen LogP contribution in [0.4, 0.5) is 11.4 Å². The van der Waals surface area contributed by atoms with Crippen LogP contribution in [0.15, 0.2) is 59.5 Å². The van der Waals surface area contributed by atoms with Gasteiger partial charge in [-0.2, -0.15) is 0 Å². The Hall–Kier alpha value is -3.12. The van der Waals surface area contributed by atoms with Gasteiger partial charge in [-0.1, -0.05) is 24.3 Å². The summed E-state index contributed by atoms with van der Waals surface area (Å²) in [5.41, 5.74) is 5.94. The molecule has 5 nitrogen and oxygen atoms in total. The summed E-state index contributed by atoms with van der Waals surface area (Å²) in [6.45, 7) is 9.39. The first kappa shape index (κ1) is 21.6. The number of rotatable bonds is 5. The Balaban J connectivity index is 1.92. The van der Waals surface area contributed by atoms with Crippen molar-refractivity contribution in [3.63, 3.8) is 0 Å². The van der Waals surface area contributed by atoms with Crippen LogP contribution in [-0.4, -0.2) is 14.3 Å². The number of carbonyl (C=O) groups is 1. The van der Waals surface area contributed by atoms with Crippen LogP contribution >= 0.6 is 0 Å². The molecule has 6 heteroatoms. The number of aryl methyl sites for hydroxylation is 5. The van der Waals surface area contributed by atoms with Crippen molar-refractivity contribution in [1.29, 1.82) is 0 Å². The minimum atomic E-state index is -3.85. The summed E-state index contributed by atoms with van der Waals surface area (Å²) in [5, 5.41) is 2.88. The van der Waals surface area contributed by atoms with Crippen LogP contribution < -0.4 is 10.0 Å². The molecule has 0 spiro atoms. The monoisotopic (exact) mass is 422 g/mol. The molecule has 0 aromatic heterocycles. The molecule has 0 aliphatic carbocycles. The van der Waals surface area contributed by atoms with Crippen LogP contribution in [-0.2, 0) is 10.0 Å². The average molecular weight is 423 g/mol. The van der Waals surface area contributed by atoms with Gasteiger partial charge in [-0.05, 0) is 92.8 Å². The highest BCUT2D eigenvalue weighted by atomic mass is 32.2. The molecular formula is C24H26N2O3S. The lowest BCUT2D eigenvalue weighted by Gasteiger charge is -2.14. The second kappa shape index (κ2) is 8.32. The van der Waals surface area contributed by atoms with Gasteiger partial charge in [0, 0.05) is 16.9 Å². The normalized spacial score (nSPS) is 11.2. The van der Waals surface area contributed by atoms with Gasteiger partial charge < -0.3 is 5.32 Å². The molecule has 3 aromatic carbocycles. The lowest BCUT2D eigenvalue weighted by Crippen LogP contribution is -2.17. The number of benzene rings is 3. The molecule has 1 amide bonds. The molecule has 0 bridgehead atoms. The maximum atomic E-state index is 13.0. The molecular weight excluding hydrogens is 396 g/mol. The van der Waals surface area contributed by atoms with Crippen molar-refractivity contribution in [2.75, 3.05) is 10.0 Å². The molecule has 3 rings (SSSR count). The number of sulfonamides is 1. The van der Waals surface area contributed by atoms with Gasteiger partial charge in [0.05, 0.1) is 4.90 Å². The summed E-state index contributed by atoms with van der Waals surface area (Å²) in [5.74, 6) is -0.355. The van der Waals surface area contributed by atoms with Gasteiger partial charge >= 0.3 is 0 Å². The fourth-order valence-corrected chi connectivity index (χ4v) is 4.65. The summed E-state index contributed by atoms with van der Waals surface area (Å²) in [7, 11) is -3.85. The van der Waals surface area contributed by atoms with E-state index in [1.807, 2.05) is 52.0 Å². The van der Waals surface area contributed by atoms with Gasteiger partial charge in [0.1, 0.15) is 0 Å². The lowest BCUT2D eigenvalue weighted by atomic mass is 10.1. The van der Waals surface area contributed by atoms with E-state index in [1.54, 1.807) is 31.2 Å². The van der Waals surface area contributed by atoms with Crippen molar-refractivity contribution in [2.24, 2.45) is 0 Å². The Morgan fingerprint density at radius 2 is 1.37 bits per heavy atom. The first-order valence-corrected chi connectivity index (χ1v) is 11.1. The summed E-state index contributed by atoms with van der Waals surface area (Å²) in [6, 6.07) is 16.0. The number of hydrogen-bond donors (Lipinski definition) is 2. The van der Waals surface area contributed by atoms with Crippen molar-refractivity contribution in [2.45, 2.75) is 39.5 Å².